The van der Waals surface area contributed by atoms with E-state index in [2.05, 4.69) is 31.3 Å². The summed E-state index contributed by atoms with van der Waals surface area (Å²) in [6.07, 6.45) is -4.63. The number of hydrogen-bond donors (Lipinski definition) is 2. The summed E-state index contributed by atoms with van der Waals surface area (Å²) in [6, 6.07) is 8.48. The van der Waals surface area contributed by atoms with Crippen LogP contribution in [-0.4, -0.2) is 9.97 Å². The summed E-state index contributed by atoms with van der Waals surface area (Å²) < 4.78 is 38.9. The van der Waals surface area contributed by atoms with Crippen molar-refractivity contribution in [1.29, 1.82) is 0 Å². The van der Waals surface area contributed by atoms with Crippen molar-refractivity contribution in [2.75, 3.05) is 5.43 Å². The van der Waals surface area contributed by atoms with Gasteiger partial charge in [-0.2, -0.15) is 13.2 Å². The highest BCUT2D eigenvalue weighted by molar-refractivity contribution is 9.10. The van der Waals surface area contributed by atoms with Gasteiger partial charge in [0.15, 0.2) is 0 Å². The minimum Gasteiger partial charge on any atom is -0.308 e. The van der Waals surface area contributed by atoms with E-state index < -0.39 is 12.0 Å². The number of rotatable bonds is 3. The van der Waals surface area contributed by atoms with Crippen LogP contribution >= 0.6 is 27.7 Å². The second-order valence-corrected chi connectivity index (χ2v) is 5.63. The van der Waals surface area contributed by atoms with Crippen molar-refractivity contribution in [3.8, 4) is 0 Å². The first kappa shape index (κ1) is 15.1. The fourth-order valence-corrected chi connectivity index (χ4v) is 2.76. The van der Waals surface area contributed by atoms with E-state index in [1.54, 1.807) is 18.2 Å². The highest BCUT2D eigenvalue weighted by atomic mass is 79.9. The molecule has 0 atom stereocenters. The third-order valence-corrected chi connectivity index (χ3v) is 3.52. The molecule has 1 aromatic heterocycles. The van der Waals surface area contributed by atoms with Crippen LogP contribution in [0.2, 0.25) is 0 Å². The number of halogens is 4. The minimum atomic E-state index is -4.63. The number of benzene rings is 1. The predicted molar refractivity (Wildman–Crippen MR) is 73.1 cm³/mol. The van der Waals surface area contributed by atoms with Gasteiger partial charge in [0, 0.05) is 15.4 Å². The molecule has 0 spiro atoms. The fourth-order valence-electron chi connectivity index (χ4n) is 1.33. The maximum absolute atomic E-state index is 12.7. The van der Waals surface area contributed by atoms with Crippen LogP contribution in [0.5, 0.6) is 0 Å². The molecule has 0 amide bonds. The van der Waals surface area contributed by atoms with E-state index in [4.69, 9.17) is 5.84 Å². The number of hydrogen-bond acceptors (Lipinski definition) is 5. The second-order valence-electron chi connectivity index (χ2n) is 3.62. The van der Waals surface area contributed by atoms with Gasteiger partial charge >= 0.3 is 6.18 Å². The van der Waals surface area contributed by atoms with Gasteiger partial charge in [-0.25, -0.2) is 15.8 Å². The Balaban J connectivity index is 2.36. The van der Waals surface area contributed by atoms with Crippen molar-refractivity contribution < 1.29 is 13.2 Å². The molecule has 0 unspecified atom stereocenters. The zero-order chi connectivity index (χ0) is 14.8. The molecule has 0 bridgehead atoms. The summed E-state index contributed by atoms with van der Waals surface area (Å²) >= 11 is 4.38. The van der Waals surface area contributed by atoms with Crippen LogP contribution in [0.1, 0.15) is 5.82 Å². The number of anilines is 1. The normalized spacial score (nSPS) is 11.4. The van der Waals surface area contributed by atoms with Crippen LogP contribution in [0.3, 0.4) is 0 Å². The summed E-state index contributed by atoms with van der Waals surface area (Å²) in [4.78, 5) is 7.53. The summed E-state index contributed by atoms with van der Waals surface area (Å²) in [5.74, 6) is 3.80. The van der Waals surface area contributed by atoms with Crippen molar-refractivity contribution in [3.05, 3.63) is 40.6 Å². The number of nitrogens with one attached hydrogen (secondary N) is 1. The van der Waals surface area contributed by atoms with Gasteiger partial charge in [-0.05, 0) is 18.2 Å². The topological polar surface area (TPSA) is 63.8 Å². The van der Waals surface area contributed by atoms with Crippen molar-refractivity contribution in [2.45, 2.75) is 16.1 Å². The molecule has 0 fully saturated rings. The SMILES string of the molecule is NNc1cc(Sc2cccc(Br)c2)nc(C(F)(F)F)n1. The maximum Gasteiger partial charge on any atom is 0.451 e. The van der Waals surface area contributed by atoms with Gasteiger partial charge in [-0.1, -0.05) is 33.8 Å². The first-order valence-electron chi connectivity index (χ1n) is 5.25. The summed E-state index contributed by atoms with van der Waals surface area (Å²) in [5, 5.41) is 0.151. The molecule has 4 nitrogen and oxygen atoms in total. The molecule has 0 saturated carbocycles. The first-order chi connectivity index (χ1) is 9.38. The molecule has 9 heteroatoms. The molecular formula is C11H8BrF3N4S. The van der Waals surface area contributed by atoms with Gasteiger partial charge in [0.2, 0.25) is 5.82 Å². The second kappa shape index (κ2) is 5.98. The van der Waals surface area contributed by atoms with Gasteiger partial charge in [0.05, 0.1) is 0 Å². The molecule has 20 heavy (non-hydrogen) atoms. The number of aromatic nitrogens is 2. The van der Waals surface area contributed by atoms with E-state index in [-0.39, 0.29) is 10.8 Å². The molecule has 3 N–H and O–H groups in total. The number of alkyl halides is 3. The average Bonchev–Trinajstić information content (AvgIpc) is 2.37. The number of nitrogen functional groups attached to an aromatic ring is 1. The minimum absolute atomic E-state index is 0.0928. The standard InChI is InChI=1S/C11H8BrF3N4S/c12-6-2-1-3-7(4-6)20-9-5-8(19-16)17-10(18-9)11(13,14)15/h1-5H,16H2,(H,17,18,19). The van der Waals surface area contributed by atoms with E-state index in [9.17, 15) is 13.2 Å². The molecule has 2 rings (SSSR count). The highest BCUT2D eigenvalue weighted by Gasteiger charge is 2.35. The Morgan fingerprint density at radius 2 is 1.95 bits per heavy atom. The van der Waals surface area contributed by atoms with Crippen LogP contribution < -0.4 is 11.3 Å². The Hall–Kier alpha value is -1.32. The Bertz CT molecular complexity index is 621. The summed E-state index contributed by atoms with van der Waals surface area (Å²) in [7, 11) is 0. The smallest absolute Gasteiger partial charge is 0.308 e. The lowest BCUT2D eigenvalue weighted by Gasteiger charge is -2.09. The molecule has 1 heterocycles. The molecule has 0 radical (unpaired) electrons. The van der Waals surface area contributed by atoms with Gasteiger partial charge in [0.1, 0.15) is 10.8 Å². The van der Waals surface area contributed by atoms with E-state index in [0.29, 0.717) is 0 Å². The van der Waals surface area contributed by atoms with Crippen LogP contribution in [0, 0.1) is 0 Å². The lowest BCUT2D eigenvalue weighted by Crippen LogP contribution is -2.16. The lowest BCUT2D eigenvalue weighted by molar-refractivity contribution is -0.145. The van der Waals surface area contributed by atoms with Gasteiger partial charge in [-0.3, -0.25) is 0 Å². The van der Waals surface area contributed by atoms with E-state index in [1.165, 1.54) is 6.07 Å². The van der Waals surface area contributed by atoms with Crippen LogP contribution in [0.15, 0.2) is 44.7 Å². The van der Waals surface area contributed by atoms with E-state index >= 15 is 0 Å². The van der Waals surface area contributed by atoms with E-state index in [0.717, 1.165) is 21.1 Å². The summed E-state index contributed by atoms with van der Waals surface area (Å²) in [5.41, 5.74) is 2.10. The zero-order valence-corrected chi connectivity index (χ0v) is 12.2. The Labute approximate surface area is 125 Å². The predicted octanol–water partition coefficient (Wildman–Crippen LogP) is 3.69. The molecule has 2 aromatic rings. The van der Waals surface area contributed by atoms with Crippen molar-refractivity contribution >= 4 is 33.5 Å². The average molecular weight is 365 g/mol. The molecule has 0 aliphatic heterocycles. The van der Waals surface area contributed by atoms with Crippen molar-refractivity contribution in [1.82, 2.24) is 9.97 Å². The highest BCUT2D eigenvalue weighted by Crippen LogP contribution is 2.33. The number of nitrogens with zero attached hydrogens (tertiary/aromatic N) is 2. The van der Waals surface area contributed by atoms with Crippen molar-refractivity contribution in [2.24, 2.45) is 5.84 Å². The molecular weight excluding hydrogens is 357 g/mol. The first-order valence-corrected chi connectivity index (χ1v) is 6.86. The number of hydrazine groups is 1. The fraction of sp³-hybridized carbons (Fsp3) is 0.0909. The van der Waals surface area contributed by atoms with Crippen molar-refractivity contribution in [3.63, 3.8) is 0 Å². The van der Waals surface area contributed by atoms with Crippen LogP contribution in [0.4, 0.5) is 19.0 Å². The molecule has 0 aliphatic carbocycles. The molecule has 0 aliphatic rings. The van der Waals surface area contributed by atoms with Crippen LogP contribution in [0.25, 0.3) is 0 Å². The quantitative estimate of drug-likeness (QED) is 0.494. The number of nitrogens with two attached hydrogens (primary N) is 1. The molecule has 0 saturated heterocycles. The third kappa shape index (κ3) is 3.84. The molecule has 106 valence electrons. The lowest BCUT2D eigenvalue weighted by atomic mass is 10.4. The van der Waals surface area contributed by atoms with Gasteiger partial charge in [-0.15, -0.1) is 0 Å². The maximum atomic E-state index is 12.7. The Morgan fingerprint density at radius 3 is 2.55 bits per heavy atom. The van der Waals surface area contributed by atoms with Gasteiger partial charge in [0.25, 0.3) is 0 Å². The van der Waals surface area contributed by atoms with E-state index in [1.807, 2.05) is 6.07 Å². The monoisotopic (exact) mass is 364 g/mol. The molecule has 1 aromatic carbocycles. The van der Waals surface area contributed by atoms with Crippen LogP contribution in [-0.2, 0) is 6.18 Å². The summed E-state index contributed by atoms with van der Waals surface area (Å²) in [6.45, 7) is 0. The van der Waals surface area contributed by atoms with Gasteiger partial charge < -0.3 is 5.43 Å². The Morgan fingerprint density at radius 1 is 1.20 bits per heavy atom. The zero-order valence-electron chi connectivity index (χ0n) is 9.78. The largest absolute Gasteiger partial charge is 0.451 e. The Kier molecular flexibility index (Phi) is 4.51. The third-order valence-electron chi connectivity index (χ3n) is 2.12.